The first-order chi connectivity index (χ1) is 8.97. The fourth-order valence-electron chi connectivity index (χ4n) is 1.41. The van der Waals surface area contributed by atoms with Crippen LogP contribution in [0.3, 0.4) is 0 Å². The van der Waals surface area contributed by atoms with Crippen LogP contribution in [0.4, 0.5) is 10.1 Å². The van der Waals surface area contributed by atoms with Crippen molar-refractivity contribution in [2.75, 3.05) is 0 Å². The van der Waals surface area contributed by atoms with Gasteiger partial charge < -0.3 is 5.11 Å². The molecule has 0 aromatic heterocycles. The second-order valence-corrected chi connectivity index (χ2v) is 6.37. The summed E-state index contributed by atoms with van der Waals surface area (Å²) in [6.45, 7) is 0. The van der Waals surface area contributed by atoms with Crippen molar-refractivity contribution in [1.82, 2.24) is 0 Å². The Kier molecular flexibility index (Phi) is 4.76. The van der Waals surface area contributed by atoms with Crippen LogP contribution in [0.25, 0.3) is 0 Å². The van der Waals surface area contributed by atoms with Crippen molar-refractivity contribution in [3.05, 3.63) is 55.1 Å². The molecule has 0 heterocycles. The Bertz CT molecular complexity index is 659. The Morgan fingerprint density at radius 2 is 1.79 bits per heavy atom. The molecule has 0 atom stereocenters. The Morgan fingerprint density at radius 1 is 1.05 bits per heavy atom. The molecule has 2 aromatic carbocycles. The number of nitrogens with zero attached hydrogens (tertiary/aromatic N) is 1. The summed E-state index contributed by atoms with van der Waals surface area (Å²) in [6, 6.07) is 8.00. The molecule has 19 heavy (non-hydrogen) atoms. The molecule has 0 amide bonds. The van der Waals surface area contributed by atoms with E-state index in [1.54, 1.807) is 24.3 Å². The molecule has 2 aromatic rings. The number of aliphatic imine (C=N–C) groups is 1. The first kappa shape index (κ1) is 14.7. The highest BCUT2D eigenvalue weighted by atomic mass is 79.9. The fraction of sp³-hybridized carbons (Fsp3) is 0. The van der Waals surface area contributed by atoms with Gasteiger partial charge in [-0.15, -0.1) is 0 Å². The van der Waals surface area contributed by atoms with Crippen molar-refractivity contribution in [3.63, 3.8) is 0 Å². The average Bonchev–Trinajstić information content (AvgIpc) is 2.33. The van der Waals surface area contributed by atoms with Crippen molar-refractivity contribution >= 4 is 59.7 Å². The van der Waals surface area contributed by atoms with Gasteiger partial charge >= 0.3 is 0 Å². The summed E-state index contributed by atoms with van der Waals surface area (Å²) in [5.41, 5.74) is 0.697. The molecule has 0 aliphatic carbocycles. The van der Waals surface area contributed by atoms with Gasteiger partial charge in [0.15, 0.2) is 0 Å². The quantitative estimate of drug-likeness (QED) is 0.595. The smallest absolute Gasteiger partial charge is 0.149 e. The highest BCUT2D eigenvalue weighted by Gasteiger charge is 2.06. The second-order valence-electron chi connectivity index (χ2n) is 3.68. The molecule has 0 bridgehead atoms. The standard InChI is InChI=1S/C13H7Br3FNO/c14-8-1-2-12(11(17)5-8)18-6-7-3-9(15)4-10(16)13(7)19/h1-6,19H. The van der Waals surface area contributed by atoms with E-state index in [1.807, 2.05) is 0 Å². The maximum Gasteiger partial charge on any atom is 0.149 e. The van der Waals surface area contributed by atoms with E-state index in [1.165, 1.54) is 12.3 Å². The van der Waals surface area contributed by atoms with Gasteiger partial charge in [-0.25, -0.2) is 4.39 Å². The third-order valence-corrected chi connectivity index (χ3v) is 3.87. The zero-order valence-electron chi connectivity index (χ0n) is 9.37. The van der Waals surface area contributed by atoms with Crippen LogP contribution in [0, 0.1) is 5.82 Å². The summed E-state index contributed by atoms with van der Waals surface area (Å²) in [6.07, 6.45) is 1.41. The van der Waals surface area contributed by atoms with E-state index in [0.717, 1.165) is 4.47 Å². The van der Waals surface area contributed by atoms with Crippen LogP contribution >= 0.6 is 47.8 Å². The minimum absolute atomic E-state index is 0.0597. The first-order valence-electron chi connectivity index (χ1n) is 5.14. The van der Waals surface area contributed by atoms with Gasteiger partial charge in [0, 0.05) is 20.7 Å². The van der Waals surface area contributed by atoms with E-state index in [4.69, 9.17) is 0 Å². The molecule has 0 fully saturated rings. The molecule has 0 aliphatic heterocycles. The normalized spacial score (nSPS) is 11.2. The number of aromatic hydroxyl groups is 1. The SMILES string of the molecule is Oc1c(Br)cc(Br)cc1C=Nc1ccc(Br)cc1F. The van der Waals surface area contributed by atoms with Gasteiger partial charge in [0.05, 0.1) is 10.2 Å². The molecule has 2 nitrogen and oxygen atoms in total. The number of hydrogen-bond donors (Lipinski definition) is 1. The molecule has 0 radical (unpaired) electrons. The van der Waals surface area contributed by atoms with Gasteiger partial charge in [0.1, 0.15) is 11.6 Å². The zero-order chi connectivity index (χ0) is 14.0. The summed E-state index contributed by atoms with van der Waals surface area (Å²) < 4.78 is 15.6. The van der Waals surface area contributed by atoms with Gasteiger partial charge in [0.25, 0.3) is 0 Å². The lowest BCUT2D eigenvalue weighted by atomic mass is 10.2. The Labute approximate surface area is 134 Å². The summed E-state index contributed by atoms with van der Waals surface area (Å²) in [4.78, 5) is 4.04. The zero-order valence-corrected chi connectivity index (χ0v) is 14.1. The number of benzene rings is 2. The molecular weight excluding hydrogens is 445 g/mol. The van der Waals surface area contributed by atoms with E-state index < -0.39 is 5.82 Å². The molecule has 2 rings (SSSR count). The third kappa shape index (κ3) is 3.64. The van der Waals surface area contributed by atoms with Crippen molar-refractivity contribution in [2.24, 2.45) is 4.99 Å². The Balaban J connectivity index is 2.38. The monoisotopic (exact) mass is 449 g/mol. The minimum atomic E-state index is -0.431. The molecule has 0 saturated heterocycles. The van der Waals surface area contributed by atoms with Crippen molar-refractivity contribution < 1.29 is 9.50 Å². The number of hydrogen-bond acceptors (Lipinski definition) is 2. The lowest BCUT2D eigenvalue weighted by molar-refractivity contribution is 0.471. The second kappa shape index (κ2) is 6.15. The number of halogens is 4. The molecule has 0 aliphatic rings. The number of phenols is 1. The van der Waals surface area contributed by atoms with Crippen LogP contribution in [0.2, 0.25) is 0 Å². The summed E-state index contributed by atoms with van der Waals surface area (Å²) in [5, 5.41) is 9.85. The Hall–Kier alpha value is -0.720. The first-order valence-corrected chi connectivity index (χ1v) is 7.52. The maximum absolute atomic E-state index is 13.6. The number of rotatable bonds is 2. The lowest BCUT2D eigenvalue weighted by Crippen LogP contribution is -1.85. The third-order valence-electron chi connectivity index (χ3n) is 2.31. The van der Waals surface area contributed by atoms with Crippen LogP contribution in [0.5, 0.6) is 5.75 Å². The van der Waals surface area contributed by atoms with Gasteiger partial charge in [0.2, 0.25) is 0 Å². The molecule has 0 unspecified atom stereocenters. The van der Waals surface area contributed by atoms with Crippen LogP contribution in [0.1, 0.15) is 5.56 Å². The van der Waals surface area contributed by atoms with E-state index >= 15 is 0 Å². The summed E-state index contributed by atoms with van der Waals surface area (Å²) in [7, 11) is 0. The van der Waals surface area contributed by atoms with Crippen LogP contribution in [-0.4, -0.2) is 11.3 Å². The topological polar surface area (TPSA) is 32.6 Å². The largest absolute Gasteiger partial charge is 0.506 e. The lowest BCUT2D eigenvalue weighted by Gasteiger charge is -2.03. The van der Waals surface area contributed by atoms with Gasteiger partial charge in [-0.2, -0.15) is 0 Å². The Morgan fingerprint density at radius 3 is 2.47 bits per heavy atom. The number of phenolic OH excluding ortho intramolecular Hbond substituents is 1. The molecular formula is C13H7Br3FNO. The van der Waals surface area contributed by atoms with Gasteiger partial charge in [-0.3, -0.25) is 4.99 Å². The maximum atomic E-state index is 13.6. The van der Waals surface area contributed by atoms with Crippen LogP contribution in [-0.2, 0) is 0 Å². The highest BCUT2D eigenvalue weighted by molar-refractivity contribution is 9.11. The van der Waals surface area contributed by atoms with Crippen molar-refractivity contribution in [3.8, 4) is 5.75 Å². The van der Waals surface area contributed by atoms with Crippen LogP contribution in [0.15, 0.2) is 48.7 Å². The van der Waals surface area contributed by atoms with Gasteiger partial charge in [-0.05, 0) is 46.3 Å². The predicted molar refractivity (Wildman–Crippen MR) is 84.9 cm³/mol. The van der Waals surface area contributed by atoms with Gasteiger partial charge in [-0.1, -0.05) is 31.9 Å². The molecule has 6 heteroatoms. The van der Waals surface area contributed by atoms with E-state index in [9.17, 15) is 9.50 Å². The molecule has 0 saturated carbocycles. The molecule has 1 N–H and O–H groups in total. The predicted octanol–water partition coefficient (Wildman–Crippen LogP) is 5.57. The molecule has 98 valence electrons. The van der Waals surface area contributed by atoms with Crippen molar-refractivity contribution in [2.45, 2.75) is 0 Å². The minimum Gasteiger partial charge on any atom is -0.506 e. The summed E-state index contributed by atoms with van der Waals surface area (Å²) in [5.74, 6) is -0.372. The van der Waals surface area contributed by atoms with E-state index in [0.29, 0.717) is 14.5 Å². The van der Waals surface area contributed by atoms with Crippen molar-refractivity contribution in [1.29, 1.82) is 0 Å². The fourth-order valence-corrected chi connectivity index (χ4v) is 3.00. The highest BCUT2D eigenvalue weighted by Crippen LogP contribution is 2.31. The van der Waals surface area contributed by atoms with Crippen LogP contribution < -0.4 is 0 Å². The van der Waals surface area contributed by atoms with E-state index in [-0.39, 0.29) is 11.4 Å². The average molecular weight is 452 g/mol. The van der Waals surface area contributed by atoms with E-state index in [2.05, 4.69) is 52.8 Å². The summed E-state index contributed by atoms with van der Waals surface area (Å²) >= 11 is 9.72. The molecule has 0 spiro atoms.